The molecule has 1 atom stereocenters. The van der Waals surface area contributed by atoms with Crippen LogP contribution in [0.15, 0.2) is 0 Å². The smallest absolute Gasteiger partial charge is 0.0540 e. The lowest BCUT2D eigenvalue weighted by Gasteiger charge is -2.09. The largest absolute Gasteiger partial charge is 0.396 e. The Hall–Kier alpha value is -0.0800. The molecule has 2 heteroatoms. The van der Waals surface area contributed by atoms with E-state index in [-0.39, 0.29) is 6.10 Å². The van der Waals surface area contributed by atoms with E-state index in [1.54, 1.807) is 0 Å². The molecule has 0 aliphatic heterocycles. The third-order valence-corrected chi connectivity index (χ3v) is 6.09. The molecule has 0 amide bonds. The average molecular weight is 399 g/mol. The van der Waals surface area contributed by atoms with Crippen LogP contribution in [0.25, 0.3) is 0 Å². The molecule has 0 radical (unpaired) electrons. The first kappa shape index (κ1) is 27.9. The van der Waals surface area contributed by atoms with Crippen molar-refractivity contribution >= 4 is 0 Å². The highest BCUT2D eigenvalue weighted by molar-refractivity contribution is 4.57. The summed E-state index contributed by atoms with van der Waals surface area (Å²) in [6, 6.07) is 0. The minimum atomic E-state index is -0.0385. The van der Waals surface area contributed by atoms with E-state index in [2.05, 4.69) is 6.92 Å². The fourth-order valence-electron chi connectivity index (χ4n) is 4.09. The van der Waals surface area contributed by atoms with Crippen molar-refractivity contribution in [3.05, 3.63) is 0 Å². The number of unbranched alkanes of at least 4 members (excludes halogenated alkanes) is 19. The van der Waals surface area contributed by atoms with Gasteiger partial charge in [0.05, 0.1) is 6.10 Å². The van der Waals surface area contributed by atoms with Gasteiger partial charge >= 0.3 is 0 Å². The minimum Gasteiger partial charge on any atom is -0.396 e. The fraction of sp³-hybridized carbons (Fsp3) is 1.00. The second-order valence-electron chi connectivity index (χ2n) is 9.03. The van der Waals surface area contributed by atoms with Crippen molar-refractivity contribution in [1.29, 1.82) is 0 Å². The maximum atomic E-state index is 9.91. The first-order valence-corrected chi connectivity index (χ1v) is 13.1. The number of hydrogen-bond donors (Lipinski definition) is 2. The van der Waals surface area contributed by atoms with Crippen LogP contribution in [0, 0.1) is 0 Å². The van der Waals surface area contributed by atoms with Gasteiger partial charge in [-0.1, -0.05) is 135 Å². The molecule has 0 saturated heterocycles. The summed E-state index contributed by atoms with van der Waals surface area (Å²) < 4.78 is 0. The summed E-state index contributed by atoms with van der Waals surface area (Å²) in [7, 11) is 0. The molecule has 0 saturated carbocycles. The highest BCUT2D eigenvalue weighted by Gasteiger charge is 2.03. The third kappa shape index (κ3) is 24.0. The van der Waals surface area contributed by atoms with Gasteiger partial charge in [0.25, 0.3) is 0 Å². The molecule has 0 heterocycles. The molecule has 0 aliphatic rings. The van der Waals surface area contributed by atoms with Crippen molar-refractivity contribution in [1.82, 2.24) is 0 Å². The molecule has 2 N–H and O–H groups in total. The summed E-state index contributed by atoms with van der Waals surface area (Å²) in [6.07, 6.45) is 30.1. The molecule has 0 aromatic heterocycles. The van der Waals surface area contributed by atoms with Crippen molar-refractivity contribution < 1.29 is 10.2 Å². The number of hydrogen-bond acceptors (Lipinski definition) is 2. The summed E-state index contributed by atoms with van der Waals surface area (Å²) in [5, 5.41) is 18.7. The predicted molar refractivity (Wildman–Crippen MR) is 125 cm³/mol. The van der Waals surface area contributed by atoms with Crippen molar-refractivity contribution in [2.45, 2.75) is 161 Å². The Labute approximate surface area is 177 Å². The number of aliphatic hydroxyl groups excluding tert-OH is 2. The van der Waals surface area contributed by atoms with E-state index in [0.717, 1.165) is 19.3 Å². The highest BCUT2D eigenvalue weighted by atomic mass is 16.3. The van der Waals surface area contributed by atoms with E-state index in [0.29, 0.717) is 6.61 Å². The molecule has 0 aromatic carbocycles. The molecular formula is C26H54O2. The topological polar surface area (TPSA) is 40.5 Å². The summed E-state index contributed by atoms with van der Waals surface area (Å²) >= 11 is 0. The molecule has 0 aliphatic carbocycles. The third-order valence-electron chi connectivity index (χ3n) is 6.09. The molecule has 0 fully saturated rings. The van der Waals surface area contributed by atoms with Crippen molar-refractivity contribution in [3.63, 3.8) is 0 Å². The maximum Gasteiger partial charge on any atom is 0.0540 e. The van der Waals surface area contributed by atoms with Gasteiger partial charge in [0, 0.05) is 6.61 Å². The van der Waals surface area contributed by atoms with Gasteiger partial charge < -0.3 is 10.2 Å². The van der Waals surface area contributed by atoms with Crippen LogP contribution in [0.3, 0.4) is 0 Å². The van der Waals surface area contributed by atoms with Gasteiger partial charge in [0.15, 0.2) is 0 Å². The summed E-state index contributed by atoms with van der Waals surface area (Å²) in [6.45, 7) is 2.59. The van der Waals surface area contributed by atoms with Crippen LogP contribution in [-0.4, -0.2) is 22.9 Å². The van der Waals surface area contributed by atoms with Crippen molar-refractivity contribution in [2.75, 3.05) is 6.61 Å². The zero-order valence-corrected chi connectivity index (χ0v) is 19.4. The molecule has 0 bridgehead atoms. The van der Waals surface area contributed by atoms with Crippen LogP contribution in [0.2, 0.25) is 0 Å². The lowest BCUT2D eigenvalue weighted by Crippen LogP contribution is -2.05. The summed E-state index contributed by atoms with van der Waals surface area (Å²) in [4.78, 5) is 0. The first-order valence-electron chi connectivity index (χ1n) is 13.1. The van der Waals surface area contributed by atoms with Gasteiger partial charge in [0.1, 0.15) is 0 Å². The molecule has 2 nitrogen and oxygen atoms in total. The second-order valence-corrected chi connectivity index (χ2v) is 9.03. The lowest BCUT2D eigenvalue weighted by atomic mass is 10.0. The lowest BCUT2D eigenvalue weighted by molar-refractivity contribution is 0.147. The van der Waals surface area contributed by atoms with E-state index in [9.17, 15) is 5.11 Å². The Morgan fingerprint density at radius 1 is 0.429 bits per heavy atom. The van der Waals surface area contributed by atoms with E-state index in [1.165, 1.54) is 128 Å². The van der Waals surface area contributed by atoms with E-state index in [4.69, 9.17) is 5.11 Å². The SMILES string of the molecule is CCCCCC(O)CCCCCCCCCCCCCCCCCCCCO. The van der Waals surface area contributed by atoms with Crippen LogP contribution in [-0.2, 0) is 0 Å². The van der Waals surface area contributed by atoms with E-state index in [1.807, 2.05) is 0 Å². The number of aliphatic hydroxyl groups is 2. The monoisotopic (exact) mass is 398 g/mol. The van der Waals surface area contributed by atoms with Gasteiger partial charge in [-0.2, -0.15) is 0 Å². The maximum absolute atomic E-state index is 9.91. The van der Waals surface area contributed by atoms with Gasteiger partial charge in [-0.3, -0.25) is 0 Å². The Morgan fingerprint density at radius 3 is 1.04 bits per heavy atom. The van der Waals surface area contributed by atoms with Crippen molar-refractivity contribution in [3.8, 4) is 0 Å². The first-order chi connectivity index (χ1) is 13.8. The summed E-state index contributed by atoms with van der Waals surface area (Å²) in [5.74, 6) is 0. The summed E-state index contributed by atoms with van der Waals surface area (Å²) in [5.41, 5.74) is 0. The molecule has 28 heavy (non-hydrogen) atoms. The van der Waals surface area contributed by atoms with E-state index < -0.39 is 0 Å². The second kappa shape index (κ2) is 25.0. The Morgan fingerprint density at radius 2 is 0.714 bits per heavy atom. The Kier molecular flexibility index (Phi) is 24.9. The van der Waals surface area contributed by atoms with Crippen LogP contribution in [0.1, 0.15) is 155 Å². The fourth-order valence-corrected chi connectivity index (χ4v) is 4.09. The van der Waals surface area contributed by atoms with Crippen LogP contribution in [0.4, 0.5) is 0 Å². The molecule has 0 aromatic rings. The zero-order chi connectivity index (χ0) is 20.5. The standard InChI is InChI=1S/C26H54O2/c1-2-3-20-23-26(28)24-21-18-16-14-12-10-8-6-4-5-7-9-11-13-15-17-19-22-25-27/h26-28H,2-25H2,1H3. The molecule has 0 rings (SSSR count). The Balaban J connectivity index is 3.05. The Bertz CT molecular complexity index is 267. The number of rotatable bonds is 24. The highest BCUT2D eigenvalue weighted by Crippen LogP contribution is 2.15. The van der Waals surface area contributed by atoms with Crippen LogP contribution in [0.5, 0.6) is 0 Å². The predicted octanol–water partition coefficient (Wildman–Crippen LogP) is 8.33. The average Bonchev–Trinajstić information content (AvgIpc) is 2.70. The van der Waals surface area contributed by atoms with E-state index >= 15 is 0 Å². The zero-order valence-electron chi connectivity index (χ0n) is 19.4. The van der Waals surface area contributed by atoms with Gasteiger partial charge in [-0.25, -0.2) is 0 Å². The van der Waals surface area contributed by atoms with Crippen molar-refractivity contribution in [2.24, 2.45) is 0 Å². The van der Waals surface area contributed by atoms with Crippen LogP contribution >= 0.6 is 0 Å². The van der Waals surface area contributed by atoms with Gasteiger partial charge in [-0.15, -0.1) is 0 Å². The van der Waals surface area contributed by atoms with Gasteiger partial charge in [0.2, 0.25) is 0 Å². The minimum absolute atomic E-state index is 0.0385. The quantitative estimate of drug-likeness (QED) is 0.160. The van der Waals surface area contributed by atoms with Gasteiger partial charge in [-0.05, 0) is 19.3 Å². The molecule has 1 unspecified atom stereocenters. The molecular weight excluding hydrogens is 344 g/mol. The van der Waals surface area contributed by atoms with Crippen LogP contribution < -0.4 is 0 Å². The molecule has 0 spiro atoms. The molecule has 170 valence electrons. The normalized spacial score (nSPS) is 12.5.